The number of rotatable bonds is 7. The van der Waals surface area contributed by atoms with Gasteiger partial charge in [-0.3, -0.25) is 0 Å². The molecule has 1 nitrogen and oxygen atoms in total. The number of benzene rings is 10. The Labute approximate surface area is 439 Å². The molecule has 0 saturated heterocycles. The maximum absolute atomic E-state index is 2.57. The van der Waals surface area contributed by atoms with Gasteiger partial charge in [0.2, 0.25) is 0 Å². The predicted molar refractivity (Wildman–Crippen MR) is 314 cm³/mol. The summed E-state index contributed by atoms with van der Waals surface area (Å²) in [6.07, 6.45) is 6.44. The van der Waals surface area contributed by atoms with Crippen LogP contribution in [0, 0.1) is 0 Å². The zero-order chi connectivity index (χ0) is 50.3. The van der Waals surface area contributed by atoms with Crippen molar-refractivity contribution in [3.8, 4) is 55.6 Å². The molecular weight excluding hydrogens is 891 g/mol. The van der Waals surface area contributed by atoms with Crippen LogP contribution >= 0.6 is 0 Å². The maximum atomic E-state index is 2.57. The van der Waals surface area contributed by atoms with Crippen LogP contribution < -0.4 is 4.90 Å². The van der Waals surface area contributed by atoms with Gasteiger partial charge in [-0.15, -0.1) is 0 Å². The third kappa shape index (κ3) is 7.49. The van der Waals surface area contributed by atoms with Gasteiger partial charge in [0.15, 0.2) is 0 Å². The van der Waals surface area contributed by atoms with Crippen molar-refractivity contribution in [1.82, 2.24) is 0 Å². The number of nitrogens with zero attached hydrogens (tertiary/aromatic N) is 1. The molecule has 1 fully saturated rings. The molecule has 0 heterocycles. The summed E-state index contributed by atoms with van der Waals surface area (Å²) in [6.45, 7) is 14.1. The quantitative estimate of drug-likeness (QED) is 0.154. The Balaban J connectivity index is 1.05. The summed E-state index contributed by atoms with van der Waals surface area (Å²) in [4.78, 5) is 2.56. The van der Waals surface area contributed by atoms with Gasteiger partial charge in [-0.05, 0) is 160 Å². The molecule has 362 valence electrons. The third-order valence-corrected chi connectivity index (χ3v) is 17.0. The zero-order valence-electron chi connectivity index (χ0n) is 43.8. The smallest absolute Gasteiger partial charge is 0.0726 e. The molecule has 0 atom stereocenters. The molecule has 1 spiro atoms. The van der Waals surface area contributed by atoms with Crippen LogP contribution in [0.2, 0.25) is 0 Å². The van der Waals surface area contributed by atoms with E-state index in [0.717, 1.165) is 11.4 Å². The van der Waals surface area contributed by atoms with Crippen LogP contribution in [-0.4, -0.2) is 0 Å². The monoisotopic (exact) mass is 956 g/mol. The van der Waals surface area contributed by atoms with Crippen molar-refractivity contribution in [3.63, 3.8) is 0 Å². The fourth-order valence-corrected chi connectivity index (χ4v) is 13.2. The zero-order valence-corrected chi connectivity index (χ0v) is 43.8. The molecule has 3 aliphatic carbocycles. The van der Waals surface area contributed by atoms with Crippen molar-refractivity contribution in [2.45, 2.75) is 95.8 Å². The first-order valence-electron chi connectivity index (χ1n) is 27.2. The van der Waals surface area contributed by atoms with Crippen molar-refractivity contribution in [2.75, 3.05) is 4.90 Å². The van der Waals surface area contributed by atoms with Gasteiger partial charge in [0.25, 0.3) is 0 Å². The summed E-state index contributed by atoms with van der Waals surface area (Å²) < 4.78 is 0. The molecule has 10 aromatic carbocycles. The molecule has 0 N–H and O–H groups in total. The fourth-order valence-electron chi connectivity index (χ4n) is 13.2. The topological polar surface area (TPSA) is 3.24 Å². The normalized spacial score (nSPS) is 14.7. The molecule has 1 heteroatoms. The fraction of sp³-hybridized carbons (Fsp3) is 0.205. The summed E-state index contributed by atoms with van der Waals surface area (Å²) in [5.41, 5.74) is 25.2. The second kappa shape index (κ2) is 17.7. The van der Waals surface area contributed by atoms with Gasteiger partial charge in [0, 0.05) is 16.9 Å². The highest BCUT2D eigenvalue weighted by Crippen LogP contribution is 2.64. The van der Waals surface area contributed by atoms with Crippen LogP contribution in [0.5, 0.6) is 0 Å². The summed E-state index contributed by atoms with van der Waals surface area (Å²) in [5.74, 6) is 0.565. The lowest BCUT2D eigenvalue weighted by Crippen LogP contribution is -2.27. The van der Waals surface area contributed by atoms with E-state index in [9.17, 15) is 0 Å². The van der Waals surface area contributed by atoms with Gasteiger partial charge < -0.3 is 4.90 Å². The van der Waals surface area contributed by atoms with Crippen LogP contribution in [0.3, 0.4) is 0 Å². The average molecular weight is 956 g/mol. The summed E-state index contributed by atoms with van der Waals surface area (Å²) in [6, 6.07) is 83.6. The highest BCUT2D eigenvalue weighted by Gasteiger charge is 2.52. The molecule has 3 aliphatic rings. The predicted octanol–water partition coefficient (Wildman–Crippen LogP) is 20.3. The largest absolute Gasteiger partial charge is 0.310 e. The van der Waals surface area contributed by atoms with E-state index >= 15 is 0 Å². The average Bonchev–Trinajstić information content (AvgIpc) is 3.90. The SMILES string of the molecule is CC(C)(C)c1ccc2c(c1)C1(c3ccccc3-c3ccc(N(c4ccc(-c5ccc(-c6ccccc6)cc5)cc4)c4ccccc4-c4cccc5cccc(C6CCCCC6)c45)cc31)c1cc(C(C)(C)C)ccc1-2. The van der Waals surface area contributed by atoms with Crippen LogP contribution in [-0.2, 0) is 16.2 Å². The van der Waals surface area contributed by atoms with Gasteiger partial charge in [-0.25, -0.2) is 0 Å². The first-order chi connectivity index (χ1) is 36.0. The van der Waals surface area contributed by atoms with Crippen molar-refractivity contribution >= 4 is 27.8 Å². The lowest BCUT2D eigenvalue weighted by atomic mass is 9.68. The molecule has 0 aromatic heterocycles. The van der Waals surface area contributed by atoms with Crippen LogP contribution in [0.15, 0.2) is 218 Å². The van der Waals surface area contributed by atoms with E-state index in [4.69, 9.17) is 0 Å². The van der Waals surface area contributed by atoms with E-state index < -0.39 is 5.41 Å². The van der Waals surface area contributed by atoms with Gasteiger partial charge in [-0.2, -0.15) is 0 Å². The maximum Gasteiger partial charge on any atom is 0.0726 e. The highest BCUT2D eigenvalue weighted by molar-refractivity contribution is 6.04. The standard InChI is InChI=1S/C73H65N/c1-71(2,3)54-37-42-60-61-43-38-55(72(4,5)6)46-67(61)73(66(60)45-54)65-29-15-13-25-59(65)62-44-41-57(47-68(62)73)74(56-39-35-51(36-40-56)50-33-31-49(32-34-50)48-19-9-7-10-20-48)69-30-16-14-26-63(69)64-28-18-24-53-23-17-27-58(70(53)64)52-21-11-8-12-22-52/h7,9-10,13-20,23-47,52H,8,11-12,21-22H2,1-6H3. The Morgan fingerprint density at radius 3 is 1.46 bits per heavy atom. The van der Waals surface area contributed by atoms with Gasteiger partial charge in [0.05, 0.1) is 11.1 Å². The molecule has 74 heavy (non-hydrogen) atoms. The van der Waals surface area contributed by atoms with Crippen LogP contribution in [0.25, 0.3) is 66.4 Å². The molecule has 0 radical (unpaired) electrons. The Morgan fingerprint density at radius 2 is 0.838 bits per heavy atom. The molecule has 0 bridgehead atoms. The van der Waals surface area contributed by atoms with E-state index in [1.54, 1.807) is 0 Å². The van der Waals surface area contributed by atoms with Crippen molar-refractivity contribution < 1.29 is 0 Å². The minimum Gasteiger partial charge on any atom is -0.310 e. The summed E-state index contributed by atoms with van der Waals surface area (Å²) in [5, 5.41) is 2.71. The third-order valence-electron chi connectivity index (χ3n) is 17.0. The molecule has 0 unspecified atom stereocenters. The second-order valence-corrected chi connectivity index (χ2v) is 23.5. The number of anilines is 3. The Kier molecular flexibility index (Phi) is 11.0. The van der Waals surface area contributed by atoms with Gasteiger partial charge >= 0.3 is 0 Å². The van der Waals surface area contributed by atoms with E-state index in [1.807, 2.05) is 0 Å². The van der Waals surface area contributed by atoms with Crippen molar-refractivity contribution in [3.05, 3.63) is 257 Å². The lowest BCUT2D eigenvalue weighted by Gasteiger charge is -2.34. The van der Waals surface area contributed by atoms with E-state index in [1.165, 1.54) is 143 Å². The summed E-state index contributed by atoms with van der Waals surface area (Å²) in [7, 11) is 0. The molecule has 0 amide bonds. The molecule has 0 aliphatic heterocycles. The van der Waals surface area contributed by atoms with Crippen molar-refractivity contribution in [1.29, 1.82) is 0 Å². The first kappa shape index (κ1) is 46.1. The number of fused-ring (bicyclic) bond motifs is 11. The van der Waals surface area contributed by atoms with Gasteiger partial charge in [0.1, 0.15) is 0 Å². The first-order valence-corrected chi connectivity index (χ1v) is 27.2. The minimum absolute atomic E-state index is 0.0283. The Morgan fingerprint density at radius 1 is 0.365 bits per heavy atom. The Bertz CT molecular complexity index is 3690. The number of hydrogen-bond acceptors (Lipinski definition) is 1. The van der Waals surface area contributed by atoms with E-state index in [-0.39, 0.29) is 10.8 Å². The van der Waals surface area contributed by atoms with E-state index in [0.29, 0.717) is 5.92 Å². The van der Waals surface area contributed by atoms with Crippen molar-refractivity contribution in [2.24, 2.45) is 0 Å². The van der Waals surface area contributed by atoms with Crippen LogP contribution in [0.1, 0.15) is 119 Å². The molecule has 13 rings (SSSR count). The number of hydrogen-bond donors (Lipinski definition) is 0. The number of para-hydroxylation sites is 1. The second-order valence-electron chi connectivity index (χ2n) is 23.5. The van der Waals surface area contributed by atoms with Gasteiger partial charge in [-0.1, -0.05) is 249 Å². The van der Waals surface area contributed by atoms with E-state index in [2.05, 4.69) is 265 Å². The summed E-state index contributed by atoms with van der Waals surface area (Å²) >= 11 is 0. The molecule has 1 saturated carbocycles. The minimum atomic E-state index is -0.527. The lowest BCUT2D eigenvalue weighted by molar-refractivity contribution is 0.445. The van der Waals surface area contributed by atoms with Crippen LogP contribution in [0.4, 0.5) is 17.1 Å². The molecular formula is C73H65N. The highest BCUT2D eigenvalue weighted by atomic mass is 15.1. The molecule has 10 aromatic rings. The Hall–Kier alpha value is -7.74.